The van der Waals surface area contributed by atoms with E-state index in [0.717, 1.165) is 16.6 Å². The highest BCUT2D eigenvalue weighted by Gasteiger charge is 2.14. The van der Waals surface area contributed by atoms with Crippen LogP contribution in [0, 0.1) is 11.7 Å². The Balaban J connectivity index is 2.29. The molecule has 0 aliphatic rings. The van der Waals surface area contributed by atoms with Gasteiger partial charge in [-0.2, -0.15) is 5.10 Å². The molecule has 1 aromatic carbocycles. The van der Waals surface area contributed by atoms with Crippen molar-refractivity contribution in [1.29, 1.82) is 0 Å². The second kappa shape index (κ2) is 6.50. The highest BCUT2D eigenvalue weighted by Crippen LogP contribution is 2.27. The van der Waals surface area contributed by atoms with E-state index >= 15 is 0 Å². The van der Waals surface area contributed by atoms with Crippen LogP contribution in [0.2, 0.25) is 0 Å². The molecule has 0 fully saturated rings. The smallest absolute Gasteiger partial charge is 0.132 e. The van der Waals surface area contributed by atoms with Gasteiger partial charge in [-0.3, -0.25) is 4.68 Å². The lowest BCUT2D eigenvalue weighted by Gasteiger charge is -2.08. The maximum Gasteiger partial charge on any atom is 0.132 e. The molecular weight excluding hydrogens is 321 g/mol. The van der Waals surface area contributed by atoms with Crippen LogP contribution in [-0.2, 0) is 13.6 Å². The molecular formula is C15H19BrFN3. The molecule has 0 aliphatic carbocycles. The lowest BCUT2D eigenvalue weighted by atomic mass is 10.1. The van der Waals surface area contributed by atoms with Crippen LogP contribution >= 0.6 is 15.9 Å². The Bertz CT molecular complexity index is 593. The summed E-state index contributed by atoms with van der Waals surface area (Å²) in [6.45, 7) is 5.93. The molecule has 0 amide bonds. The Hall–Kier alpha value is -1.20. The molecule has 1 aromatic heterocycles. The predicted octanol–water partition coefficient (Wildman–Crippen LogP) is 3.73. The van der Waals surface area contributed by atoms with Gasteiger partial charge in [0.15, 0.2) is 0 Å². The van der Waals surface area contributed by atoms with Gasteiger partial charge in [0, 0.05) is 35.4 Å². The summed E-state index contributed by atoms with van der Waals surface area (Å²) in [6, 6.07) is 4.92. The summed E-state index contributed by atoms with van der Waals surface area (Å²) in [5, 5.41) is 7.77. The average molecular weight is 340 g/mol. The van der Waals surface area contributed by atoms with Crippen molar-refractivity contribution < 1.29 is 4.39 Å². The van der Waals surface area contributed by atoms with Crippen molar-refractivity contribution in [2.45, 2.75) is 20.4 Å². The zero-order valence-corrected chi connectivity index (χ0v) is 13.5. The molecule has 5 heteroatoms. The van der Waals surface area contributed by atoms with E-state index in [0.29, 0.717) is 23.7 Å². The third kappa shape index (κ3) is 3.67. The molecule has 3 nitrogen and oxygen atoms in total. The molecule has 0 saturated heterocycles. The first-order valence-corrected chi connectivity index (χ1v) is 7.45. The topological polar surface area (TPSA) is 29.9 Å². The third-order valence-corrected chi connectivity index (χ3v) is 3.45. The first-order chi connectivity index (χ1) is 9.47. The van der Waals surface area contributed by atoms with E-state index in [1.54, 1.807) is 16.8 Å². The Kier molecular flexibility index (Phi) is 4.94. The summed E-state index contributed by atoms with van der Waals surface area (Å²) in [6.07, 6.45) is 1.93. The molecule has 0 radical (unpaired) electrons. The number of nitrogens with zero attached hydrogens (tertiary/aromatic N) is 2. The molecule has 2 aromatic rings. The molecule has 0 aliphatic heterocycles. The fourth-order valence-electron chi connectivity index (χ4n) is 2.07. The van der Waals surface area contributed by atoms with Gasteiger partial charge < -0.3 is 5.32 Å². The third-order valence-electron chi connectivity index (χ3n) is 2.96. The quantitative estimate of drug-likeness (QED) is 0.899. The van der Waals surface area contributed by atoms with Crippen LogP contribution in [0.15, 0.2) is 28.9 Å². The summed E-state index contributed by atoms with van der Waals surface area (Å²) in [4.78, 5) is 0. The Morgan fingerprint density at radius 3 is 2.85 bits per heavy atom. The number of hydrogen-bond donors (Lipinski definition) is 1. The number of rotatable bonds is 5. The number of benzene rings is 1. The average Bonchev–Trinajstić information content (AvgIpc) is 2.73. The molecule has 0 saturated carbocycles. The summed E-state index contributed by atoms with van der Waals surface area (Å²) in [7, 11) is 1.85. The van der Waals surface area contributed by atoms with Crippen molar-refractivity contribution in [3.63, 3.8) is 0 Å². The fourth-order valence-corrected chi connectivity index (χ4v) is 2.43. The van der Waals surface area contributed by atoms with Crippen LogP contribution in [-0.4, -0.2) is 16.3 Å². The number of aromatic nitrogens is 2. The molecule has 20 heavy (non-hydrogen) atoms. The van der Waals surface area contributed by atoms with E-state index in [-0.39, 0.29) is 5.82 Å². The van der Waals surface area contributed by atoms with Crippen molar-refractivity contribution in [1.82, 2.24) is 15.1 Å². The molecule has 0 spiro atoms. The Morgan fingerprint density at radius 1 is 1.40 bits per heavy atom. The molecule has 0 unspecified atom stereocenters. The zero-order valence-electron chi connectivity index (χ0n) is 12.0. The van der Waals surface area contributed by atoms with Crippen molar-refractivity contribution in [3.8, 4) is 11.3 Å². The molecule has 0 atom stereocenters. The second-order valence-corrected chi connectivity index (χ2v) is 6.24. The van der Waals surface area contributed by atoms with Crippen molar-refractivity contribution in [3.05, 3.63) is 40.2 Å². The normalized spacial score (nSPS) is 11.3. The van der Waals surface area contributed by atoms with E-state index in [9.17, 15) is 4.39 Å². The van der Waals surface area contributed by atoms with Crippen LogP contribution in [0.3, 0.4) is 0 Å². The molecule has 2 rings (SSSR count). The first kappa shape index (κ1) is 15.2. The number of halogens is 2. The van der Waals surface area contributed by atoms with Gasteiger partial charge in [-0.05, 0) is 30.7 Å². The summed E-state index contributed by atoms with van der Waals surface area (Å²) in [5.74, 6) is 0.328. The predicted molar refractivity (Wildman–Crippen MR) is 82.8 cm³/mol. The Morgan fingerprint density at radius 2 is 2.15 bits per heavy atom. The largest absolute Gasteiger partial charge is 0.312 e. The van der Waals surface area contributed by atoms with Crippen LogP contribution in [0.5, 0.6) is 0 Å². The minimum Gasteiger partial charge on any atom is -0.312 e. The molecule has 0 bridgehead atoms. The number of aryl methyl sites for hydroxylation is 1. The van der Waals surface area contributed by atoms with Crippen LogP contribution in [0.4, 0.5) is 4.39 Å². The van der Waals surface area contributed by atoms with Crippen LogP contribution in [0.25, 0.3) is 11.3 Å². The van der Waals surface area contributed by atoms with Crippen molar-refractivity contribution in [2.24, 2.45) is 13.0 Å². The van der Waals surface area contributed by atoms with Crippen molar-refractivity contribution in [2.75, 3.05) is 6.54 Å². The van der Waals surface area contributed by atoms with Gasteiger partial charge in [0.05, 0.1) is 5.69 Å². The molecule has 1 N–H and O–H groups in total. The van der Waals surface area contributed by atoms with E-state index in [2.05, 4.69) is 40.2 Å². The fraction of sp³-hybridized carbons (Fsp3) is 0.400. The van der Waals surface area contributed by atoms with Gasteiger partial charge in [0.25, 0.3) is 0 Å². The lowest BCUT2D eigenvalue weighted by molar-refractivity contribution is 0.552. The van der Waals surface area contributed by atoms with Crippen molar-refractivity contribution >= 4 is 15.9 Å². The highest BCUT2D eigenvalue weighted by atomic mass is 79.9. The van der Waals surface area contributed by atoms with Gasteiger partial charge in [-0.25, -0.2) is 4.39 Å². The Labute approximate surface area is 127 Å². The van der Waals surface area contributed by atoms with E-state index < -0.39 is 0 Å². The lowest BCUT2D eigenvalue weighted by Crippen LogP contribution is -2.19. The maximum atomic E-state index is 14.0. The minimum atomic E-state index is -0.253. The zero-order chi connectivity index (χ0) is 14.7. The molecule has 1 heterocycles. The van der Waals surface area contributed by atoms with Gasteiger partial charge in [-0.1, -0.05) is 29.8 Å². The number of nitrogens with one attached hydrogen (secondary N) is 1. The van der Waals surface area contributed by atoms with E-state index in [1.807, 2.05) is 13.2 Å². The summed E-state index contributed by atoms with van der Waals surface area (Å²) < 4.78 is 16.6. The molecule has 108 valence electrons. The van der Waals surface area contributed by atoms with Crippen LogP contribution in [0.1, 0.15) is 19.4 Å². The maximum absolute atomic E-state index is 14.0. The number of hydrogen-bond acceptors (Lipinski definition) is 2. The van der Waals surface area contributed by atoms with Gasteiger partial charge in [0.2, 0.25) is 0 Å². The highest BCUT2D eigenvalue weighted by molar-refractivity contribution is 9.10. The van der Waals surface area contributed by atoms with Gasteiger partial charge >= 0.3 is 0 Å². The summed E-state index contributed by atoms with van der Waals surface area (Å²) >= 11 is 3.38. The first-order valence-electron chi connectivity index (χ1n) is 6.66. The van der Waals surface area contributed by atoms with Crippen LogP contribution < -0.4 is 5.32 Å². The van der Waals surface area contributed by atoms with Gasteiger partial charge in [-0.15, -0.1) is 0 Å². The van der Waals surface area contributed by atoms with E-state index in [4.69, 9.17) is 0 Å². The van der Waals surface area contributed by atoms with Gasteiger partial charge in [0.1, 0.15) is 5.82 Å². The monoisotopic (exact) mass is 339 g/mol. The van der Waals surface area contributed by atoms with E-state index in [1.165, 1.54) is 6.07 Å². The summed E-state index contributed by atoms with van der Waals surface area (Å²) in [5.41, 5.74) is 2.23. The minimum absolute atomic E-state index is 0.253. The SMILES string of the molecule is CC(C)CNCc1cn(C)nc1-c1cc(Br)ccc1F. The second-order valence-electron chi connectivity index (χ2n) is 5.33. The standard InChI is InChI=1S/C15H19BrFN3/c1-10(2)7-18-8-11-9-20(3)19-15(11)13-6-12(16)4-5-14(13)17/h4-6,9-10,18H,7-8H2,1-3H3.